The minimum absolute atomic E-state index is 0.444. The number of benzene rings is 1. The summed E-state index contributed by atoms with van der Waals surface area (Å²) in [4.78, 5) is 23.1. The first-order chi connectivity index (χ1) is 7.65. The van der Waals surface area contributed by atoms with Crippen molar-refractivity contribution in [1.29, 1.82) is 0 Å². The van der Waals surface area contributed by atoms with Crippen LogP contribution in [0.5, 0.6) is 0 Å². The number of nitrogens with one attached hydrogen (secondary N) is 1. The van der Waals surface area contributed by atoms with Crippen molar-refractivity contribution in [2.45, 2.75) is 26.7 Å². The van der Waals surface area contributed by atoms with Crippen molar-refractivity contribution in [2.24, 2.45) is 0 Å². The molecule has 3 heteroatoms. The third-order valence-electron chi connectivity index (χ3n) is 2.34. The number of carbonyl (C=O) groups is 2. The van der Waals surface area contributed by atoms with Gasteiger partial charge in [-0.1, -0.05) is 43.2 Å². The second-order valence-electron chi connectivity index (χ2n) is 3.80. The van der Waals surface area contributed by atoms with Gasteiger partial charge in [-0.25, -0.2) is 0 Å². The Morgan fingerprint density at radius 1 is 1.19 bits per heavy atom. The van der Waals surface area contributed by atoms with E-state index in [0.717, 1.165) is 18.4 Å². The lowest BCUT2D eigenvalue weighted by atomic mass is 10.1. The Balaban J connectivity index is 2.57. The number of amides is 1. The molecule has 3 nitrogen and oxygen atoms in total. The lowest BCUT2D eigenvalue weighted by molar-refractivity contribution is -0.117. The zero-order valence-corrected chi connectivity index (χ0v) is 9.75. The van der Waals surface area contributed by atoms with Crippen LogP contribution in [0.25, 0.3) is 0 Å². The summed E-state index contributed by atoms with van der Waals surface area (Å²) in [5.41, 5.74) is 1.52. The molecule has 1 amide bonds. The molecule has 1 N–H and O–H groups in total. The molecule has 0 unspecified atom stereocenters. The van der Waals surface area contributed by atoms with E-state index in [9.17, 15) is 9.59 Å². The first-order valence-electron chi connectivity index (χ1n) is 5.54. The van der Waals surface area contributed by atoms with Crippen molar-refractivity contribution in [2.75, 3.05) is 6.54 Å². The van der Waals surface area contributed by atoms with Crippen LogP contribution in [0, 0.1) is 6.92 Å². The van der Waals surface area contributed by atoms with Crippen LogP contribution in [0.2, 0.25) is 0 Å². The summed E-state index contributed by atoms with van der Waals surface area (Å²) in [6.45, 7) is 4.54. The summed E-state index contributed by atoms with van der Waals surface area (Å²) >= 11 is 0. The first-order valence-corrected chi connectivity index (χ1v) is 5.54. The van der Waals surface area contributed by atoms with Gasteiger partial charge >= 0.3 is 0 Å². The Labute approximate surface area is 95.9 Å². The lowest BCUT2D eigenvalue weighted by Gasteiger charge is -2.03. The molecule has 0 bridgehead atoms. The van der Waals surface area contributed by atoms with E-state index in [1.807, 2.05) is 26.0 Å². The highest BCUT2D eigenvalue weighted by Gasteiger charge is 2.14. The monoisotopic (exact) mass is 219 g/mol. The second kappa shape index (κ2) is 6.05. The topological polar surface area (TPSA) is 46.2 Å². The Bertz CT molecular complexity index is 368. The molecule has 1 rings (SSSR count). The predicted octanol–water partition coefficient (Wildman–Crippen LogP) is 2.09. The normalized spacial score (nSPS) is 9.88. The SMILES string of the molecule is CCCCNC(=O)C(=O)c1ccc(C)cc1. The van der Waals surface area contributed by atoms with Gasteiger partial charge in [-0.15, -0.1) is 0 Å². The molecule has 0 spiro atoms. The smallest absolute Gasteiger partial charge is 0.292 e. The predicted molar refractivity (Wildman–Crippen MR) is 63.4 cm³/mol. The van der Waals surface area contributed by atoms with Gasteiger partial charge in [-0.3, -0.25) is 9.59 Å². The molecule has 86 valence electrons. The van der Waals surface area contributed by atoms with E-state index in [0.29, 0.717) is 12.1 Å². The van der Waals surface area contributed by atoms with Gasteiger partial charge in [0.1, 0.15) is 0 Å². The van der Waals surface area contributed by atoms with Crippen LogP contribution in [-0.4, -0.2) is 18.2 Å². The minimum Gasteiger partial charge on any atom is -0.349 e. The van der Waals surface area contributed by atoms with E-state index < -0.39 is 11.7 Å². The quantitative estimate of drug-likeness (QED) is 0.468. The summed E-state index contributed by atoms with van der Waals surface area (Å²) < 4.78 is 0. The molecule has 16 heavy (non-hydrogen) atoms. The van der Waals surface area contributed by atoms with E-state index in [4.69, 9.17) is 0 Å². The molecule has 0 radical (unpaired) electrons. The zero-order valence-electron chi connectivity index (χ0n) is 9.75. The van der Waals surface area contributed by atoms with Gasteiger partial charge in [-0.05, 0) is 13.3 Å². The van der Waals surface area contributed by atoms with Crippen molar-refractivity contribution in [3.63, 3.8) is 0 Å². The van der Waals surface area contributed by atoms with Gasteiger partial charge in [0.2, 0.25) is 5.78 Å². The number of ketones is 1. The first kappa shape index (κ1) is 12.4. The highest BCUT2D eigenvalue weighted by Crippen LogP contribution is 2.04. The maximum absolute atomic E-state index is 11.6. The lowest BCUT2D eigenvalue weighted by Crippen LogP contribution is -2.31. The molecule has 0 aliphatic rings. The number of unbranched alkanes of at least 4 members (excludes halogenated alkanes) is 1. The van der Waals surface area contributed by atoms with E-state index in [1.54, 1.807) is 12.1 Å². The van der Waals surface area contributed by atoms with E-state index in [-0.39, 0.29) is 0 Å². The molecule has 1 aromatic rings. The van der Waals surface area contributed by atoms with Crippen LogP contribution in [0.3, 0.4) is 0 Å². The van der Waals surface area contributed by atoms with Crippen LogP contribution < -0.4 is 5.32 Å². The number of Topliss-reactive ketones (excluding diaryl/α,β-unsaturated/α-hetero) is 1. The standard InChI is InChI=1S/C13H17NO2/c1-3-4-9-14-13(16)12(15)11-7-5-10(2)6-8-11/h5-8H,3-4,9H2,1-2H3,(H,14,16). The summed E-state index contributed by atoms with van der Waals surface area (Å²) in [6, 6.07) is 7.01. The fraction of sp³-hybridized carbons (Fsp3) is 0.385. The summed E-state index contributed by atoms with van der Waals surface area (Å²) in [7, 11) is 0. The minimum atomic E-state index is -0.516. The molecule has 0 aromatic heterocycles. The maximum Gasteiger partial charge on any atom is 0.292 e. The van der Waals surface area contributed by atoms with Gasteiger partial charge in [0, 0.05) is 12.1 Å². The summed E-state index contributed by atoms with van der Waals surface area (Å²) in [5.74, 6) is -0.978. The van der Waals surface area contributed by atoms with Crippen LogP contribution in [0.1, 0.15) is 35.7 Å². The summed E-state index contributed by atoms with van der Waals surface area (Å²) in [5, 5.41) is 2.61. The van der Waals surface area contributed by atoms with Crippen LogP contribution >= 0.6 is 0 Å². The Kier molecular flexibility index (Phi) is 4.70. The molecule has 0 saturated heterocycles. The molecule has 0 heterocycles. The molecule has 0 fully saturated rings. The van der Waals surface area contributed by atoms with Crippen molar-refractivity contribution >= 4 is 11.7 Å². The number of hydrogen-bond acceptors (Lipinski definition) is 2. The molecular formula is C13H17NO2. The van der Waals surface area contributed by atoms with Gasteiger partial charge < -0.3 is 5.32 Å². The molecule has 0 aliphatic heterocycles. The molecule has 0 atom stereocenters. The average molecular weight is 219 g/mol. The van der Waals surface area contributed by atoms with Gasteiger partial charge in [0.15, 0.2) is 0 Å². The zero-order chi connectivity index (χ0) is 12.0. The summed E-state index contributed by atoms with van der Waals surface area (Å²) in [6.07, 6.45) is 1.89. The molecular weight excluding hydrogens is 202 g/mol. The fourth-order valence-corrected chi connectivity index (χ4v) is 1.30. The van der Waals surface area contributed by atoms with E-state index in [1.165, 1.54) is 0 Å². The van der Waals surface area contributed by atoms with Crippen LogP contribution in [0.15, 0.2) is 24.3 Å². The Hall–Kier alpha value is -1.64. The van der Waals surface area contributed by atoms with Gasteiger partial charge in [-0.2, -0.15) is 0 Å². The van der Waals surface area contributed by atoms with E-state index >= 15 is 0 Å². The number of rotatable bonds is 5. The number of hydrogen-bond donors (Lipinski definition) is 1. The van der Waals surface area contributed by atoms with Crippen LogP contribution in [0.4, 0.5) is 0 Å². The van der Waals surface area contributed by atoms with E-state index in [2.05, 4.69) is 5.32 Å². The van der Waals surface area contributed by atoms with Gasteiger partial charge in [0.05, 0.1) is 0 Å². The third kappa shape index (κ3) is 3.50. The highest BCUT2D eigenvalue weighted by molar-refractivity contribution is 6.42. The second-order valence-corrected chi connectivity index (χ2v) is 3.80. The van der Waals surface area contributed by atoms with Crippen molar-refractivity contribution in [3.8, 4) is 0 Å². The fourth-order valence-electron chi connectivity index (χ4n) is 1.30. The van der Waals surface area contributed by atoms with Crippen molar-refractivity contribution < 1.29 is 9.59 Å². The molecule has 0 saturated carbocycles. The third-order valence-corrected chi connectivity index (χ3v) is 2.34. The molecule has 1 aromatic carbocycles. The Morgan fingerprint density at radius 2 is 1.81 bits per heavy atom. The highest BCUT2D eigenvalue weighted by atomic mass is 16.2. The maximum atomic E-state index is 11.6. The average Bonchev–Trinajstić information content (AvgIpc) is 2.29. The van der Waals surface area contributed by atoms with Crippen LogP contribution in [-0.2, 0) is 4.79 Å². The molecule has 0 aliphatic carbocycles. The number of aryl methyl sites for hydroxylation is 1. The van der Waals surface area contributed by atoms with Crippen molar-refractivity contribution in [1.82, 2.24) is 5.32 Å². The Morgan fingerprint density at radius 3 is 2.38 bits per heavy atom. The van der Waals surface area contributed by atoms with Gasteiger partial charge in [0.25, 0.3) is 5.91 Å². The van der Waals surface area contributed by atoms with Crippen molar-refractivity contribution in [3.05, 3.63) is 35.4 Å². The largest absolute Gasteiger partial charge is 0.349 e. The number of carbonyl (C=O) groups excluding carboxylic acids is 2.